The lowest BCUT2D eigenvalue weighted by Crippen LogP contribution is -2.22. The molecule has 6 nitrogen and oxygen atoms in total. The van der Waals surface area contributed by atoms with Crippen LogP contribution in [-0.4, -0.2) is 30.8 Å². The van der Waals surface area contributed by atoms with Crippen molar-refractivity contribution in [3.8, 4) is 11.4 Å². The zero-order chi connectivity index (χ0) is 13.6. The molecule has 0 bridgehead atoms. The normalized spacial score (nSPS) is 18.3. The Morgan fingerprint density at radius 1 is 1.58 bits per heavy atom. The molecule has 2 aromatic rings. The second-order valence-electron chi connectivity index (χ2n) is 5.07. The average Bonchev–Trinajstić information content (AvgIpc) is 2.93. The molecule has 0 amide bonds. The van der Waals surface area contributed by atoms with Gasteiger partial charge in [-0.05, 0) is 19.8 Å². The van der Waals surface area contributed by atoms with Crippen molar-refractivity contribution in [3.63, 3.8) is 0 Å². The summed E-state index contributed by atoms with van der Waals surface area (Å²) in [5.41, 5.74) is 4.01. The van der Waals surface area contributed by atoms with E-state index in [1.54, 1.807) is 6.20 Å². The third-order valence-electron chi connectivity index (χ3n) is 3.89. The third-order valence-corrected chi connectivity index (χ3v) is 3.89. The summed E-state index contributed by atoms with van der Waals surface area (Å²) in [4.78, 5) is 15.7. The zero-order valence-corrected chi connectivity index (χ0v) is 11.0. The number of aromatic amines is 1. The lowest BCUT2D eigenvalue weighted by atomic mass is 9.90. The van der Waals surface area contributed by atoms with Crippen LogP contribution in [0.4, 0.5) is 0 Å². The number of hydrogen-bond donors (Lipinski definition) is 2. The maximum Gasteiger partial charge on any atom is 0.306 e. The number of carboxylic acids is 1. The van der Waals surface area contributed by atoms with Crippen LogP contribution in [0.3, 0.4) is 0 Å². The number of carbonyl (C=O) groups is 1. The van der Waals surface area contributed by atoms with Crippen molar-refractivity contribution >= 4 is 5.97 Å². The molecule has 0 radical (unpaired) electrons. The molecule has 0 spiro atoms. The van der Waals surface area contributed by atoms with Crippen LogP contribution in [0.15, 0.2) is 6.20 Å². The summed E-state index contributed by atoms with van der Waals surface area (Å²) in [6, 6.07) is 0. The molecule has 0 fully saturated rings. The summed E-state index contributed by atoms with van der Waals surface area (Å²) in [5.74, 6) is -0.166. The molecule has 1 aliphatic rings. The summed E-state index contributed by atoms with van der Waals surface area (Å²) in [7, 11) is 1.98. The molecule has 0 saturated carbocycles. The molecule has 3 rings (SSSR count). The first kappa shape index (κ1) is 12.0. The SMILES string of the molecule is Cc1[nH]ncc1-c1nc2c(n1C)CCC(C(=O)O)C2. The molecule has 2 N–H and O–H groups in total. The van der Waals surface area contributed by atoms with Gasteiger partial charge in [-0.2, -0.15) is 5.10 Å². The van der Waals surface area contributed by atoms with E-state index in [1.165, 1.54) is 0 Å². The predicted octanol–water partition coefficient (Wildman–Crippen LogP) is 1.31. The Kier molecular flexibility index (Phi) is 2.66. The molecule has 2 heterocycles. The maximum absolute atomic E-state index is 11.1. The number of nitrogens with one attached hydrogen (secondary N) is 1. The summed E-state index contributed by atoms with van der Waals surface area (Å²) >= 11 is 0. The van der Waals surface area contributed by atoms with E-state index in [9.17, 15) is 4.79 Å². The van der Waals surface area contributed by atoms with Crippen molar-refractivity contribution in [2.75, 3.05) is 0 Å². The van der Waals surface area contributed by atoms with E-state index in [-0.39, 0.29) is 5.92 Å². The number of imidazole rings is 1. The fourth-order valence-electron chi connectivity index (χ4n) is 2.74. The van der Waals surface area contributed by atoms with Gasteiger partial charge in [-0.15, -0.1) is 0 Å². The van der Waals surface area contributed by atoms with Crippen molar-refractivity contribution in [1.82, 2.24) is 19.7 Å². The van der Waals surface area contributed by atoms with Crippen LogP contribution in [0.2, 0.25) is 0 Å². The second kappa shape index (κ2) is 4.22. The largest absolute Gasteiger partial charge is 0.481 e. The molecule has 2 aromatic heterocycles. The number of nitrogens with zero attached hydrogens (tertiary/aromatic N) is 3. The average molecular weight is 260 g/mol. The van der Waals surface area contributed by atoms with Gasteiger partial charge in [0.1, 0.15) is 5.82 Å². The van der Waals surface area contributed by atoms with Gasteiger partial charge >= 0.3 is 5.97 Å². The number of hydrogen-bond acceptors (Lipinski definition) is 3. The monoisotopic (exact) mass is 260 g/mol. The molecule has 0 aliphatic heterocycles. The topological polar surface area (TPSA) is 83.8 Å². The first-order valence-electron chi connectivity index (χ1n) is 6.35. The Morgan fingerprint density at radius 2 is 2.37 bits per heavy atom. The fraction of sp³-hybridized carbons (Fsp3) is 0.462. The van der Waals surface area contributed by atoms with E-state index in [0.29, 0.717) is 12.8 Å². The van der Waals surface area contributed by atoms with Crippen molar-refractivity contribution in [2.45, 2.75) is 26.2 Å². The number of fused-ring (bicyclic) bond motifs is 1. The van der Waals surface area contributed by atoms with Crippen molar-refractivity contribution in [1.29, 1.82) is 0 Å². The van der Waals surface area contributed by atoms with Crippen LogP contribution in [0.1, 0.15) is 23.5 Å². The third kappa shape index (κ3) is 1.83. The number of aryl methyl sites for hydroxylation is 1. The first-order valence-corrected chi connectivity index (χ1v) is 6.35. The van der Waals surface area contributed by atoms with Crippen molar-refractivity contribution < 1.29 is 9.90 Å². The molecule has 1 unspecified atom stereocenters. The number of aromatic nitrogens is 4. The molecule has 1 aliphatic carbocycles. The van der Waals surface area contributed by atoms with Crippen LogP contribution in [-0.2, 0) is 24.7 Å². The minimum Gasteiger partial charge on any atom is -0.481 e. The molecule has 0 aromatic carbocycles. The van der Waals surface area contributed by atoms with E-state index in [0.717, 1.165) is 34.9 Å². The standard InChI is InChI=1S/C13H16N4O2/c1-7-9(6-14-16-7)12-15-10-5-8(13(18)19)3-4-11(10)17(12)2/h6,8H,3-5H2,1-2H3,(H,14,16)(H,18,19). The van der Waals surface area contributed by atoms with Gasteiger partial charge in [0, 0.05) is 24.9 Å². The van der Waals surface area contributed by atoms with Crippen LogP contribution in [0.25, 0.3) is 11.4 Å². The molecule has 6 heteroatoms. The van der Waals surface area contributed by atoms with Gasteiger partial charge in [-0.25, -0.2) is 4.98 Å². The molecule has 1 atom stereocenters. The lowest BCUT2D eigenvalue weighted by Gasteiger charge is -2.18. The van der Waals surface area contributed by atoms with E-state index in [1.807, 2.05) is 14.0 Å². The minimum absolute atomic E-state index is 0.305. The Balaban J connectivity index is 2.03. The number of aliphatic carboxylic acids is 1. The van der Waals surface area contributed by atoms with Crippen LogP contribution < -0.4 is 0 Å². The minimum atomic E-state index is -0.725. The van der Waals surface area contributed by atoms with Crippen LogP contribution >= 0.6 is 0 Å². The molecule has 100 valence electrons. The number of rotatable bonds is 2. The van der Waals surface area contributed by atoms with E-state index < -0.39 is 5.97 Å². The van der Waals surface area contributed by atoms with Gasteiger partial charge in [-0.1, -0.05) is 0 Å². The lowest BCUT2D eigenvalue weighted by molar-refractivity contribution is -0.142. The second-order valence-corrected chi connectivity index (χ2v) is 5.07. The smallest absolute Gasteiger partial charge is 0.306 e. The van der Waals surface area contributed by atoms with Gasteiger partial charge in [0.25, 0.3) is 0 Å². The van der Waals surface area contributed by atoms with Crippen LogP contribution in [0, 0.1) is 12.8 Å². The van der Waals surface area contributed by atoms with Gasteiger partial charge < -0.3 is 9.67 Å². The fourth-order valence-corrected chi connectivity index (χ4v) is 2.74. The maximum atomic E-state index is 11.1. The summed E-state index contributed by atoms with van der Waals surface area (Å²) in [6.07, 6.45) is 3.74. The Bertz CT molecular complexity index is 641. The van der Waals surface area contributed by atoms with Gasteiger partial charge in [0.05, 0.1) is 23.4 Å². The van der Waals surface area contributed by atoms with Crippen molar-refractivity contribution in [2.24, 2.45) is 13.0 Å². The van der Waals surface area contributed by atoms with Crippen LogP contribution in [0.5, 0.6) is 0 Å². The Hall–Kier alpha value is -2.11. The number of carboxylic acid groups (broad SMARTS) is 1. The quantitative estimate of drug-likeness (QED) is 0.852. The molecule has 0 saturated heterocycles. The van der Waals surface area contributed by atoms with E-state index in [2.05, 4.69) is 19.7 Å². The molecule has 19 heavy (non-hydrogen) atoms. The highest BCUT2D eigenvalue weighted by atomic mass is 16.4. The Morgan fingerprint density at radius 3 is 3.00 bits per heavy atom. The summed E-state index contributed by atoms with van der Waals surface area (Å²) < 4.78 is 2.06. The molecular weight excluding hydrogens is 244 g/mol. The highest BCUT2D eigenvalue weighted by molar-refractivity contribution is 5.71. The zero-order valence-electron chi connectivity index (χ0n) is 11.0. The Labute approximate surface area is 110 Å². The number of H-pyrrole nitrogens is 1. The summed E-state index contributed by atoms with van der Waals surface area (Å²) in [5, 5.41) is 16.0. The van der Waals surface area contributed by atoms with Gasteiger partial charge in [0.15, 0.2) is 0 Å². The summed E-state index contributed by atoms with van der Waals surface area (Å²) in [6.45, 7) is 1.95. The van der Waals surface area contributed by atoms with Gasteiger partial charge in [0.2, 0.25) is 0 Å². The highest BCUT2D eigenvalue weighted by Gasteiger charge is 2.29. The van der Waals surface area contributed by atoms with Crippen molar-refractivity contribution in [3.05, 3.63) is 23.3 Å². The predicted molar refractivity (Wildman–Crippen MR) is 68.7 cm³/mol. The van der Waals surface area contributed by atoms with E-state index in [4.69, 9.17) is 5.11 Å². The molecular formula is C13H16N4O2. The van der Waals surface area contributed by atoms with E-state index >= 15 is 0 Å². The van der Waals surface area contributed by atoms with Gasteiger partial charge in [-0.3, -0.25) is 9.89 Å². The first-order chi connectivity index (χ1) is 9.08. The highest BCUT2D eigenvalue weighted by Crippen LogP contribution is 2.30.